The Hall–Kier alpha value is -5.40. The van der Waals surface area contributed by atoms with E-state index in [0.29, 0.717) is 11.1 Å². The predicted octanol–water partition coefficient (Wildman–Crippen LogP) is 11.4. The summed E-state index contributed by atoms with van der Waals surface area (Å²) in [5.41, 5.74) is 2.98. The van der Waals surface area contributed by atoms with Crippen molar-refractivity contribution in [1.29, 1.82) is 0 Å². The van der Waals surface area contributed by atoms with Crippen LogP contribution in [0.3, 0.4) is 0 Å². The Morgan fingerprint density at radius 3 is 1.59 bits per heavy atom. The van der Waals surface area contributed by atoms with Gasteiger partial charge in [-0.3, -0.25) is 0 Å². The Bertz CT molecular complexity index is 2790. The largest absolute Gasteiger partial charge is 0.456 e. The molecule has 7 aromatic carbocycles. The van der Waals surface area contributed by atoms with E-state index < -0.39 is 84.1 Å². The van der Waals surface area contributed by atoms with Crippen LogP contribution in [0.5, 0.6) is 0 Å². The lowest BCUT2D eigenvalue weighted by molar-refractivity contribution is 0.631. The van der Waals surface area contributed by atoms with Crippen LogP contribution in [0.2, 0.25) is 0 Å². The molecule has 0 aliphatic rings. The van der Waals surface area contributed by atoms with Gasteiger partial charge in [0, 0.05) is 10.9 Å². The second kappa shape index (κ2) is 9.66. The summed E-state index contributed by atoms with van der Waals surface area (Å²) in [6.07, 6.45) is 0. The molecule has 192 valence electrons. The molecule has 0 aliphatic heterocycles. The van der Waals surface area contributed by atoms with Crippen molar-refractivity contribution >= 4 is 32.5 Å². The van der Waals surface area contributed by atoms with Gasteiger partial charge in [-0.1, -0.05) is 139 Å². The van der Waals surface area contributed by atoms with Gasteiger partial charge in [0.25, 0.3) is 0 Å². The van der Waals surface area contributed by atoms with E-state index in [4.69, 9.17) is 22.2 Å². The van der Waals surface area contributed by atoms with E-state index in [1.807, 2.05) is 54.6 Å². The number of hydrogen-bond acceptors (Lipinski definition) is 1. The summed E-state index contributed by atoms with van der Waals surface area (Å²) >= 11 is 0. The van der Waals surface area contributed by atoms with E-state index in [0.717, 1.165) is 27.8 Å². The molecule has 8 aromatic rings. The molecule has 0 N–H and O–H groups in total. The van der Waals surface area contributed by atoms with Crippen molar-refractivity contribution in [3.63, 3.8) is 0 Å². The molecule has 0 saturated heterocycles. The quantitative estimate of drug-likeness (QED) is 0.204. The van der Waals surface area contributed by atoms with Crippen molar-refractivity contribution in [3.05, 3.63) is 157 Å². The molecule has 0 amide bonds. The fraction of sp³-hybridized carbons (Fsp3) is 0. The van der Waals surface area contributed by atoms with Gasteiger partial charge in [0.1, 0.15) is 11.3 Å². The summed E-state index contributed by atoms with van der Waals surface area (Å²) in [6.45, 7) is 0. The normalized spacial score (nSPS) is 15.9. The Labute approximate surface area is 257 Å². The standard InChI is InChI=1S/C40H26O/c1-3-11-28(12-4-1)38-26-32-25-31(23-24-37(32)41-38)27-19-21-30(22-20-27)40-35-17-9-7-15-33(35)39(29-13-5-2-6-14-29)34-16-8-10-18-36(34)40/h1-26H/i2D,5D,6D,7D,8D,9D,10D,13D,14D,15D,16D,17D,18D. The summed E-state index contributed by atoms with van der Waals surface area (Å²) in [6, 6.07) is 16.2. The molecule has 0 unspecified atom stereocenters. The summed E-state index contributed by atoms with van der Waals surface area (Å²) in [4.78, 5) is 0. The number of furan rings is 1. The Morgan fingerprint density at radius 1 is 0.415 bits per heavy atom. The number of fused-ring (bicyclic) bond motifs is 3. The molecular formula is C40H26O. The van der Waals surface area contributed by atoms with Crippen LogP contribution in [0.1, 0.15) is 17.8 Å². The monoisotopic (exact) mass is 535 g/mol. The van der Waals surface area contributed by atoms with E-state index in [9.17, 15) is 0 Å². The van der Waals surface area contributed by atoms with Gasteiger partial charge in [-0.05, 0) is 73.1 Å². The minimum atomic E-state index is -0.710. The summed E-state index contributed by atoms with van der Waals surface area (Å²) in [7, 11) is 0. The van der Waals surface area contributed by atoms with Crippen LogP contribution in [0.15, 0.2) is 162 Å². The van der Waals surface area contributed by atoms with Crippen molar-refractivity contribution in [2.45, 2.75) is 0 Å². The van der Waals surface area contributed by atoms with Gasteiger partial charge in [0.15, 0.2) is 0 Å². The van der Waals surface area contributed by atoms with E-state index >= 15 is 0 Å². The fourth-order valence-electron chi connectivity index (χ4n) is 5.34. The number of hydrogen-bond donors (Lipinski definition) is 0. The fourth-order valence-corrected chi connectivity index (χ4v) is 5.34. The van der Waals surface area contributed by atoms with Crippen molar-refractivity contribution < 1.29 is 22.2 Å². The van der Waals surface area contributed by atoms with Gasteiger partial charge in [-0.25, -0.2) is 0 Å². The van der Waals surface area contributed by atoms with Crippen LogP contribution >= 0.6 is 0 Å². The summed E-state index contributed by atoms with van der Waals surface area (Å²) in [5, 5.41) is 0.150. The first-order chi connectivity index (χ1) is 25.7. The summed E-state index contributed by atoms with van der Waals surface area (Å²) < 4.78 is 119. The zero-order valence-corrected chi connectivity index (χ0v) is 21.4. The number of benzene rings is 7. The molecule has 0 saturated carbocycles. The van der Waals surface area contributed by atoms with E-state index in [-0.39, 0.29) is 32.7 Å². The second-order valence-electron chi connectivity index (χ2n) is 9.56. The van der Waals surface area contributed by atoms with E-state index in [2.05, 4.69) is 0 Å². The average Bonchev–Trinajstić information content (AvgIpc) is 3.62. The molecule has 0 radical (unpaired) electrons. The van der Waals surface area contributed by atoms with Crippen molar-refractivity contribution in [2.75, 3.05) is 0 Å². The maximum atomic E-state index is 9.12. The van der Waals surface area contributed by atoms with Gasteiger partial charge in [-0.15, -0.1) is 0 Å². The van der Waals surface area contributed by atoms with E-state index in [1.54, 1.807) is 24.3 Å². The zero-order chi connectivity index (χ0) is 38.5. The number of rotatable bonds is 4. The second-order valence-corrected chi connectivity index (χ2v) is 9.56. The van der Waals surface area contributed by atoms with Gasteiger partial charge < -0.3 is 4.42 Å². The Kier molecular flexibility index (Phi) is 3.25. The minimum absolute atomic E-state index is 0.0828. The highest BCUT2D eigenvalue weighted by molar-refractivity contribution is 6.21. The van der Waals surface area contributed by atoms with Crippen LogP contribution in [-0.2, 0) is 0 Å². The lowest BCUT2D eigenvalue weighted by Crippen LogP contribution is -1.90. The van der Waals surface area contributed by atoms with Gasteiger partial charge in [0.05, 0.1) is 17.8 Å². The predicted molar refractivity (Wildman–Crippen MR) is 173 cm³/mol. The van der Waals surface area contributed by atoms with Crippen LogP contribution < -0.4 is 0 Å². The first-order valence-corrected chi connectivity index (χ1v) is 13.0. The Balaban J connectivity index is 1.45. The third-order valence-corrected chi connectivity index (χ3v) is 7.21. The molecule has 0 fully saturated rings. The van der Waals surface area contributed by atoms with Crippen LogP contribution in [0.4, 0.5) is 0 Å². The molecule has 0 bridgehead atoms. The molecule has 8 rings (SSSR count). The molecular weight excluding hydrogens is 496 g/mol. The first-order valence-electron chi connectivity index (χ1n) is 19.5. The zero-order valence-electron chi connectivity index (χ0n) is 34.4. The molecule has 1 heteroatoms. The Morgan fingerprint density at radius 2 is 0.951 bits per heavy atom. The molecule has 1 heterocycles. The van der Waals surface area contributed by atoms with Crippen molar-refractivity contribution in [2.24, 2.45) is 0 Å². The molecule has 0 aliphatic carbocycles. The first kappa shape index (κ1) is 13.8. The maximum absolute atomic E-state index is 9.12. The lowest BCUT2D eigenvalue weighted by Gasteiger charge is -2.18. The van der Waals surface area contributed by atoms with Crippen LogP contribution in [0.25, 0.3) is 77.2 Å². The molecule has 0 spiro atoms. The molecule has 1 nitrogen and oxygen atoms in total. The van der Waals surface area contributed by atoms with Gasteiger partial charge >= 0.3 is 0 Å². The van der Waals surface area contributed by atoms with Gasteiger partial charge in [0.2, 0.25) is 0 Å². The third kappa shape index (κ3) is 4.02. The highest BCUT2D eigenvalue weighted by atomic mass is 16.3. The molecule has 0 atom stereocenters. The van der Waals surface area contributed by atoms with Crippen LogP contribution in [-0.4, -0.2) is 0 Å². The smallest absolute Gasteiger partial charge is 0.135 e. The highest BCUT2D eigenvalue weighted by Gasteiger charge is 2.16. The minimum Gasteiger partial charge on any atom is -0.456 e. The van der Waals surface area contributed by atoms with Crippen LogP contribution in [0, 0.1) is 0 Å². The highest BCUT2D eigenvalue weighted by Crippen LogP contribution is 2.43. The summed E-state index contributed by atoms with van der Waals surface area (Å²) in [5.74, 6) is 0.720. The van der Waals surface area contributed by atoms with E-state index in [1.165, 1.54) is 0 Å². The average molecular weight is 536 g/mol. The van der Waals surface area contributed by atoms with Gasteiger partial charge in [-0.2, -0.15) is 0 Å². The van der Waals surface area contributed by atoms with Crippen molar-refractivity contribution in [3.8, 4) is 44.7 Å². The molecule has 41 heavy (non-hydrogen) atoms. The SMILES string of the molecule is [2H]c1c([2H])c([2H])c(-c2c3c([2H])c([2H])c([2H])c([2H])c3c(-c3ccc(-c4ccc5oc(-c6ccccc6)cc5c4)cc3)c3c([2H])c([2H])c([2H])c([2H])c23)c([2H])c1[2H]. The molecule has 1 aromatic heterocycles. The third-order valence-electron chi connectivity index (χ3n) is 7.21. The lowest BCUT2D eigenvalue weighted by atomic mass is 9.86. The maximum Gasteiger partial charge on any atom is 0.135 e. The van der Waals surface area contributed by atoms with Crippen molar-refractivity contribution in [1.82, 2.24) is 0 Å². The topological polar surface area (TPSA) is 13.1 Å².